The second kappa shape index (κ2) is 4.30. The van der Waals surface area contributed by atoms with E-state index in [2.05, 4.69) is 20.0 Å². The summed E-state index contributed by atoms with van der Waals surface area (Å²) >= 11 is -0.660. The van der Waals surface area contributed by atoms with E-state index in [0.29, 0.717) is 0 Å². The van der Waals surface area contributed by atoms with Crippen molar-refractivity contribution in [1.82, 2.24) is 0 Å². The molecule has 93 valence electrons. The van der Waals surface area contributed by atoms with Gasteiger partial charge in [0.25, 0.3) is 0 Å². The number of hydrogen-bond donors (Lipinski definition) is 0. The Morgan fingerprint density at radius 2 is 0.842 bits per heavy atom. The van der Waals surface area contributed by atoms with E-state index in [4.69, 9.17) is 0 Å². The first-order valence-electron chi connectivity index (χ1n) is 5.78. The van der Waals surface area contributed by atoms with Crippen LogP contribution in [0.2, 0.25) is 0 Å². The Hall–Kier alpha value is -1.97. The van der Waals surface area contributed by atoms with Gasteiger partial charge >= 0.3 is 115 Å². The van der Waals surface area contributed by atoms with Crippen LogP contribution < -0.4 is 21.4 Å². The van der Waals surface area contributed by atoms with Crippen LogP contribution in [0.15, 0.2) is 68.5 Å². The molecule has 0 bridgehead atoms. The molecule has 2 aromatic carbocycles. The molecule has 2 aromatic rings. The van der Waals surface area contributed by atoms with Gasteiger partial charge in [-0.05, 0) is 0 Å². The summed E-state index contributed by atoms with van der Waals surface area (Å²) in [5.74, 6) is 0. The Balaban J connectivity index is 1.94. The Kier molecular flexibility index (Phi) is 2.47. The first-order valence-corrected chi connectivity index (χ1v) is 8.17. The summed E-state index contributed by atoms with van der Waals surface area (Å²) in [4.78, 5) is 18.2. The maximum atomic E-state index is 4.54. The van der Waals surface area contributed by atoms with Crippen molar-refractivity contribution >= 4 is 8.54 Å². The summed E-state index contributed by atoms with van der Waals surface area (Å²) in [5, 5.41) is 3.82. The van der Waals surface area contributed by atoms with E-state index >= 15 is 0 Å². The predicted octanol–water partition coefficient (Wildman–Crippen LogP) is -0.850. The molecule has 5 heteroatoms. The van der Waals surface area contributed by atoms with Crippen LogP contribution >= 0.6 is 0 Å². The summed E-state index contributed by atoms with van der Waals surface area (Å²) in [6.45, 7) is 0. The molecule has 4 rings (SSSR count). The molecule has 0 aromatic heterocycles. The molecule has 0 radical (unpaired) electrons. The second-order valence-electron chi connectivity index (χ2n) is 4.01. The van der Waals surface area contributed by atoms with Gasteiger partial charge in [0.15, 0.2) is 0 Å². The van der Waals surface area contributed by atoms with E-state index in [1.807, 2.05) is 48.5 Å². The molecular weight excluding hydrogens is 416 g/mol. The zero-order chi connectivity index (χ0) is 12.7. The van der Waals surface area contributed by atoms with Crippen LogP contribution in [0.4, 0.5) is 0 Å². The quantitative estimate of drug-likeness (QED) is 0.529. The minimum atomic E-state index is -0.660. The minimum absolute atomic E-state index is 0.660. The third-order valence-electron chi connectivity index (χ3n) is 2.74. The summed E-state index contributed by atoms with van der Waals surface area (Å²) in [5.41, 5.74) is 0. The number of benzene rings is 2. The van der Waals surface area contributed by atoms with E-state index in [9.17, 15) is 0 Å². The topological polar surface area (TPSA) is 49.4 Å². The van der Waals surface area contributed by atoms with Crippen molar-refractivity contribution in [2.45, 2.75) is 0 Å². The van der Waals surface area contributed by atoms with Gasteiger partial charge in [0.2, 0.25) is 0 Å². The van der Waals surface area contributed by atoms with Gasteiger partial charge in [-0.3, -0.25) is 0 Å². The Morgan fingerprint density at radius 3 is 1.16 bits per heavy atom. The third-order valence-corrected chi connectivity index (χ3v) is 4.89. The van der Waals surface area contributed by atoms with Crippen molar-refractivity contribution in [3.63, 3.8) is 0 Å². The average Bonchev–Trinajstić information content (AvgIpc) is 3.00. The van der Waals surface area contributed by atoms with Crippen molar-refractivity contribution in [2.75, 3.05) is 0 Å². The third kappa shape index (κ3) is 1.97. The number of rotatable bonds is 0. The standard InChI is InChI=1S/2C7H4N2.Ir/c2*1-2-4-7-6(3-1)8-5-9-7;/h2*1-4H;. The molecule has 0 atom stereocenters. The van der Waals surface area contributed by atoms with E-state index in [1.54, 1.807) is 0 Å². The van der Waals surface area contributed by atoms with E-state index in [1.165, 1.54) is 0 Å². The van der Waals surface area contributed by atoms with Gasteiger partial charge in [-0.25, -0.2) is 0 Å². The molecule has 0 aliphatic carbocycles. The molecule has 4 nitrogen and oxygen atoms in total. The van der Waals surface area contributed by atoms with E-state index in [-0.39, 0.29) is 0 Å². The summed E-state index contributed by atoms with van der Waals surface area (Å²) in [7, 11) is 0. The second-order valence-corrected chi connectivity index (χ2v) is 6.75. The van der Waals surface area contributed by atoms with Gasteiger partial charge in [-0.1, -0.05) is 0 Å². The molecule has 0 amide bonds. The monoisotopic (exact) mass is 425 g/mol. The van der Waals surface area contributed by atoms with Crippen molar-refractivity contribution in [1.29, 1.82) is 0 Å². The van der Waals surface area contributed by atoms with Crippen molar-refractivity contribution < 1.29 is 16.8 Å². The van der Waals surface area contributed by atoms with Crippen molar-refractivity contribution in [3.05, 3.63) is 70.0 Å². The SMILES string of the molecule is c1ccc2c(c1)=N[C](=[Ir]=[C]1N=c3ccccc3=N1)N=2. The van der Waals surface area contributed by atoms with Gasteiger partial charge in [0.05, 0.1) is 0 Å². The van der Waals surface area contributed by atoms with Crippen LogP contribution in [0.5, 0.6) is 0 Å². The number of nitrogens with zero attached hydrogens (tertiary/aromatic N) is 4. The van der Waals surface area contributed by atoms with Crippen LogP contribution in [0.1, 0.15) is 0 Å². The van der Waals surface area contributed by atoms with Gasteiger partial charge < -0.3 is 0 Å². The number of hydrogen-bond acceptors (Lipinski definition) is 4. The van der Waals surface area contributed by atoms with Crippen LogP contribution in [0, 0.1) is 0 Å². The Labute approximate surface area is 115 Å². The molecule has 2 aliphatic heterocycles. The average molecular weight is 424 g/mol. The molecule has 0 saturated heterocycles. The molecule has 19 heavy (non-hydrogen) atoms. The van der Waals surface area contributed by atoms with Gasteiger partial charge in [-0.2, -0.15) is 0 Å². The summed E-state index contributed by atoms with van der Waals surface area (Å²) < 4.78 is 1.80. The molecule has 0 unspecified atom stereocenters. The fourth-order valence-corrected chi connectivity index (χ4v) is 4.04. The van der Waals surface area contributed by atoms with Crippen molar-refractivity contribution in [2.24, 2.45) is 20.0 Å². The summed E-state index contributed by atoms with van der Waals surface area (Å²) in [6.07, 6.45) is 0. The maximum absolute atomic E-state index is 4.54. The molecular formula is C14H8IrN4. The number of para-hydroxylation sites is 4. The van der Waals surface area contributed by atoms with Crippen LogP contribution in [0.25, 0.3) is 0 Å². The zero-order valence-corrected chi connectivity index (χ0v) is 12.1. The van der Waals surface area contributed by atoms with Crippen LogP contribution in [-0.4, -0.2) is 8.54 Å². The van der Waals surface area contributed by atoms with Crippen LogP contribution in [0.3, 0.4) is 0 Å². The summed E-state index contributed by atoms with van der Waals surface area (Å²) in [6, 6.07) is 15.9. The Morgan fingerprint density at radius 1 is 0.526 bits per heavy atom. The molecule has 2 heterocycles. The molecule has 2 aliphatic rings. The van der Waals surface area contributed by atoms with E-state index < -0.39 is 16.8 Å². The number of fused-ring (bicyclic) bond motifs is 2. The molecule has 0 N–H and O–H groups in total. The molecule has 0 fully saturated rings. The van der Waals surface area contributed by atoms with Crippen molar-refractivity contribution in [3.8, 4) is 0 Å². The fourth-order valence-electron chi connectivity index (χ4n) is 1.87. The van der Waals surface area contributed by atoms with E-state index in [0.717, 1.165) is 30.0 Å². The first kappa shape index (κ1) is 10.9. The van der Waals surface area contributed by atoms with Crippen LogP contribution in [-0.2, 0) is 16.8 Å². The van der Waals surface area contributed by atoms with Gasteiger partial charge in [-0.15, -0.1) is 0 Å². The van der Waals surface area contributed by atoms with Gasteiger partial charge in [0, 0.05) is 0 Å². The first-order chi connectivity index (χ1) is 9.38. The fraction of sp³-hybridized carbons (Fsp3) is 0. The zero-order valence-electron chi connectivity index (χ0n) is 9.74. The van der Waals surface area contributed by atoms with Gasteiger partial charge in [0.1, 0.15) is 0 Å². The normalized spacial score (nSPS) is 14.9. The molecule has 0 spiro atoms. The Bertz CT molecular complexity index is 845. The predicted molar refractivity (Wildman–Crippen MR) is 67.5 cm³/mol. The molecule has 0 saturated carbocycles.